The average molecular weight is 446 g/mol. The van der Waals surface area contributed by atoms with Crippen molar-refractivity contribution in [3.8, 4) is 0 Å². The molecule has 0 heterocycles. The van der Waals surface area contributed by atoms with Gasteiger partial charge in [-0.25, -0.2) is 8.42 Å². The SMILES string of the molecule is Cc1ccc([N+](=O)[O-])cc1N([C@H](C)C(=O)N[C@@H](C)c1ccc2c(c1)CCC2)S(C)(=O)=O. The summed E-state index contributed by atoms with van der Waals surface area (Å²) in [5, 5.41) is 14.1. The van der Waals surface area contributed by atoms with Crippen LogP contribution in [0.4, 0.5) is 11.4 Å². The normalized spacial score (nSPS) is 15.1. The zero-order valence-electron chi connectivity index (χ0n) is 18.1. The number of nitro groups is 1. The van der Waals surface area contributed by atoms with E-state index in [2.05, 4.69) is 17.4 Å². The zero-order valence-corrected chi connectivity index (χ0v) is 18.9. The number of carbonyl (C=O) groups is 1. The number of benzene rings is 2. The number of sulfonamides is 1. The van der Waals surface area contributed by atoms with E-state index in [4.69, 9.17) is 0 Å². The fraction of sp³-hybridized carbons (Fsp3) is 0.409. The number of hydrogen-bond donors (Lipinski definition) is 1. The summed E-state index contributed by atoms with van der Waals surface area (Å²) >= 11 is 0. The molecule has 1 N–H and O–H groups in total. The molecule has 0 aliphatic heterocycles. The van der Waals surface area contributed by atoms with Crippen molar-refractivity contribution in [1.82, 2.24) is 5.32 Å². The van der Waals surface area contributed by atoms with Crippen molar-refractivity contribution in [3.05, 3.63) is 68.8 Å². The smallest absolute Gasteiger partial charge is 0.271 e. The van der Waals surface area contributed by atoms with Gasteiger partial charge in [0.25, 0.3) is 5.69 Å². The van der Waals surface area contributed by atoms with Gasteiger partial charge in [-0.3, -0.25) is 19.2 Å². The molecular weight excluding hydrogens is 418 g/mol. The van der Waals surface area contributed by atoms with Crippen molar-refractivity contribution >= 4 is 27.3 Å². The lowest BCUT2D eigenvalue weighted by atomic mass is 10.0. The van der Waals surface area contributed by atoms with Gasteiger partial charge in [0.15, 0.2) is 0 Å². The van der Waals surface area contributed by atoms with Gasteiger partial charge in [-0.15, -0.1) is 0 Å². The van der Waals surface area contributed by atoms with Crippen molar-refractivity contribution in [2.45, 2.75) is 52.1 Å². The summed E-state index contributed by atoms with van der Waals surface area (Å²) < 4.78 is 26.1. The summed E-state index contributed by atoms with van der Waals surface area (Å²) in [5.41, 5.74) is 3.97. The van der Waals surface area contributed by atoms with E-state index in [0.717, 1.165) is 35.4 Å². The van der Waals surface area contributed by atoms with Crippen molar-refractivity contribution in [2.75, 3.05) is 10.6 Å². The molecule has 9 heteroatoms. The molecule has 8 nitrogen and oxygen atoms in total. The van der Waals surface area contributed by atoms with Crippen LogP contribution in [0.3, 0.4) is 0 Å². The second kappa shape index (κ2) is 8.66. The third-order valence-corrected chi connectivity index (χ3v) is 6.94. The topological polar surface area (TPSA) is 110 Å². The van der Waals surface area contributed by atoms with Crippen molar-refractivity contribution < 1.29 is 18.1 Å². The number of anilines is 1. The van der Waals surface area contributed by atoms with E-state index in [1.54, 1.807) is 6.92 Å². The Morgan fingerprint density at radius 3 is 2.45 bits per heavy atom. The fourth-order valence-electron chi connectivity index (χ4n) is 4.01. The molecular formula is C22H27N3O5S. The maximum absolute atomic E-state index is 13.0. The summed E-state index contributed by atoms with van der Waals surface area (Å²) in [5.74, 6) is -0.482. The highest BCUT2D eigenvalue weighted by atomic mass is 32.2. The van der Waals surface area contributed by atoms with Gasteiger partial charge in [0.05, 0.1) is 22.9 Å². The maximum atomic E-state index is 13.0. The van der Waals surface area contributed by atoms with Gasteiger partial charge in [0.2, 0.25) is 15.9 Å². The third-order valence-electron chi connectivity index (χ3n) is 5.71. The average Bonchev–Trinajstić information content (AvgIpc) is 3.16. The minimum absolute atomic E-state index is 0.115. The zero-order chi connectivity index (χ0) is 22.9. The van der Waals surface area contributed by atoms with Crippen molar-refractivity contribution in [2.24, 2.45) is 0 Å². The summed E-state index contributed by atoms with van der Waals surface area (Å²) in [6.45, 7) is 4.98. The number of non-ortho nitro benzene ring substituents is 1. The minimum atomic E-state index is -3.89. The lowest BCUT2D eigenvalue weighted by molar-refractivity contribution is -0.384. The van der Waals surface area contributed by atoms with Crippen molar-refractivity contribution in [3.63, 3.8) is 0 Å². The summed E-state index contributed by atoms with van der Waals surface area (Å²) in [6.07, 6.45) is 4.20. The number of aryl methyl sites for hydroxylation is 3. The van der Waals surface area contributed by atoms with E-state index in [1.807, 2.05) is 13.0 Å². The molecule has 0 spiro atoms. The second-order valence-electron chi connectivity index (χ2n) is 8.07. The van der Waals surface area contributed by atoms with Gasteiger partial charge in [-0.2, -0.15) is 0 Å². The molecule has 2 aromatic carbocycles. The maximum Gasteiger partial charge on any atom is 0.271 e. The van der Waals surface area contributed by atoms with Gasteiger partial charge in [0, 0.05) is 12.1 Å². The molecule has 0 fully saturated rings. The molecule has 1 aliphatic rings. The molecule has 3 rings (SSSR count). The van der Waals surface area contributed by atoms with Gasteiger partial charge in [0.1, 0.15) is 6.04 Å². The Labute approximate surface area is 182 Å². The highest BCUT2D eigenvalue weighted by molar-refractivity contribution is 7.92. The minimum Gasteiger partial charge on any atom is -0.348 e. The lowest BCUT2D eigenvalue weighted by Gasteiger charge is -2.30. The van der Waals surface area contributed by atoms with Crippen molar-refractivity contribution in [1.29, 1.82) is 0 Å². The second-order valence-corrected chi connectivity index (χ2v) is 9.93. The number of amides is 1. The molecule has 166 valence electrons. The molecule has 0 aromatic heterocycles. The van der Waals surface area contributed by atoms with Crippen LogP contribution < -0.4 is 9.62 Å². The predicted octanol–water partition coefficient (Wildman–Crippen LogP) is 3.42. The largest absolute Gasteiger partial charge is 0.348 e. The Morgan fingerprint density at radius 2 is 1.81 bits per heavy atom. The molecule has 2 atom stereocenters. The van der Waals surface area contributed by atoms with Crippen LogP contribution in [0, 0.1) is 17.0 Å². The first-order valence-corrected chi connectivity index (χ1v) is 12.0. The Bertz CT molecular complexity index is 1130. The fourth-order valence-corrected chi connectivity index (χ4v) is 5.23. The number of nitrogens with one attached hydrogen (secondary N) is 1. The lowest BCUT2D eigenvalue weighted by Crippen LogP contribution is -2.48. The number of nitro benzene ring substituents is 1. The Balaban J connectivity index is 1.87. The number of fused-ring (bicyclic) bond motifs is 1. The van der Waals surface area contributed by atoms with Gasteiger partial charge < -0.3 is 5.32 Å². The predicted molar refractivity (Wildman–Crippen MR) is 120 cm³/mol. The van der Waals surface area contributed by atoms with E-state index >= 15 is 0 Å². The van der Waals surface area contributed by atoms with Crippen LogP contribution in [0.25, 0.3) is 0 Å². The number of rotatable bonds is 7. The molecule has 1 amide bonds. The van der Waals surface area contributed by atoms with Crippen LogP contribution in [0.15, 0.2) is 36.4 Å². The molecule has 31 heavy (non-hydrogen) atoms. The molecule has 0 saturated carbocycles. The number of nitrogens with zero attached hydrogens (tertiary/aromatic N) is 2. The Morgan fingerprint density at radius 1 is 1.13 bits per heavy atom. The van der Waals surface area contributed by atoms with E-state index in [-0.39, 0.29) is 17.4 Å². The Kier molecular flexibility index (Phi) is 6.35. The quantitative estimate of drug-likeness (QED) is 0.519. The van der Waals surface area contributed by atoms with E-state index in [0.29, 0.717) is 5.56 Å². The highest BCUT2D eigenvalue weighted by Gasteiger charge is 2.32. The van der Waals surface area contributed by atoms with Crippen LogP contribution in [0.2, 0.25) is 0 Å². The summed E-state index contributed by atoms with van der Waals surface area (Å²) in [4.78, 5) is 23.6. The first kappa shape index (κ1) is 22.7. The Hall–Kier alpha value is -2.94. The summed E-state index contributed by atoms with van der Waals surface area (Å²) in [6, 6.07) is 8.73. The third kappa shape index (κ3) is 4.87. The molecule has 2 aromatic rings. The van der Waals surface area contributed by atoms with Crippen LogP contribution in [0.1, 0.15) is 48.6 Å². The molecule has 0 bridgehead atoms. The van der Waals surface area contributed by atoms with Gasteiger partial charge >= 0.3 is 0 Å². The molecule has 1 aliphatic carbocycles. The monoisotopic (exact) mass is 445 g/mol. The van der Waals surface area contributed by atoms with Crippen LogP contribution >= 0.6 is 0 Å². The van der Waals surface area contributed by atoms with Gasteiger partial charge in [-0.05, 0) is 62.3 Å². The first-order valence-electron chi connectivity index (χ1n) is 10.2. The summed E-state index contributed by atoms with van der Waals surface area (Å²) in [7, 11) is -3.89. The van der Waals surface area contributed by atoms with E-state index in [9.17, 15) is 23.3 Å². The molecule has 0 saturated heterocycles. The highest BCUT2D eigenvalue weighted by Crippen LogP contribution is 2.30. The number of carbonyl (C=O) groups excluding carboxylic acids is 1. The van der Waals surface area contributed by atoms with Crippen LogP contribution in [-0.2, 0) is 27.7 Å². The first-order chi connectivity index (χ1) is 14.5. The number of hydrogen-bond acceptors (Lipinski definition) is 5. The van der Waals surface area contributed by atoms with Gasteiger partial charge in [-0.1, -0.05) is 24.3 Å². The molecule has 0 radical (unpaired) electrons. The standard InChI is InChI=1S/C22H27N3O5S/c1-14-8-11-20(25(27)28)13-21(14)24(31(4,29)30)16(3)22(26)23-15(2)18-10-9-17-6-5-7-19(17)12-18/h8-13,15-16H,5-7H2,1-4H3,(H,23,26)/t15-,16+/m0/s1. The van der Waals surface area contributed by atoms with Crippen LogP contribution in [-0.4, -0.2) is 31.5 Å². The van der Waals surface area contributed by atoms with E-state index in [1.165, 1.54) is 36.2 Å². The molecule has 0 unspecified atom stereocenters. The van der Waals surface area contributed by atoms with Crippen LogP contribution in [0.5, 0.6) is 0 Å². The van der Waals surface area contributed by atoms with E-state index < -0.39 is 26.9 Å².